The topological polar surface area (TPSA) is 35.0 Å². The summed E-state index contributed by atoms with van der Waals surface area (Å²) in [6, 6.07) is 5.86. The number of thiophene rings is 1. The van der Waals surface area contributed by atoms with E-state index in [4.69, 9.17) is 16.3 Å². The molecular formula is C10H9ClN2OS. The molecule has 5 heteroatoms. The Bertz CT molecular complexity index is 445. The Morgan fingerprint density at radius 3 is 2.93 bits per heavy atom. The number of ether oxygens (including phenoxy) is 1. The highest BCUT2D eigenvalue weighted by Gasteiger charge is 2.06. The lowest BCUT2D eigenvalue weighted by Gasteiger charge is -2.02. The summed E-state index contributed by atoms with van der Waals surface area (Å²) in [7, 11) is 1.52. The Kier molecular flexibility index (Phi) is 3.18. The molecule has 0 radical (unpaired) electrons. The van der Waals surface area contributed by atoms with Crippen LogP contribution in [0.25, 0.3) is 0 Å². The molecule has 0 amide bonds. The van der Waals surface area contributed by atoms with Crippen molar-refractivity contribution < 1.29 is 4.74 Å². The van der Waals surface area contributed by atoms with E-state index in [1.165, 1.54) is 12.0 Å². The van der Waals surface area contributed by atoms with Gasteiger partial charge in [0.05, 0.1) is 12.8 Å². The van der Waals surface area contributed by atoms with E-state index < -0.39 is 0 Å². The van der Waals surface area contributed by atoms with E-state index in [0.29, 0.717) is 10.9 Å². The second-order valence-electron chi connectivity index (χ2n) is 2.95. The van der Waals surface area contributed by atoms with Crippen LogP contribution in [0.5, 0.6) is 5.88 Å². The van der Waals surface area contributed by atoms with Crippen LogP contribution in [0.1, 0.15) is 10.6 Å². The lowest BCUT2D eigenvalue weighted by molar-refractivity contribution is 0.391. The van der Waals surface area contributed by atoms with Crippen molar-refractivity contribution in [1.82, 2.24) is 10.2 Å². The molecule has 0 saturated heterocycles. The maximum Gasteiger partial charge on any atom is 0.252 e. The van der Waals surface area contributed by atoms with Crippen molar-refractivity contribution in [3.8, 4) is 5.88 Å². The molecule has 0 fully saturated rings. The fourth-order valence-electron chi connectivity index (χ4n) is 1.21. The van der Waals surface area contributed by atoms with Gasteiger partial charge in [0.2, 0.25) is 0 Å². The van der Waals surface area contributed by atoms with Gasteiger partial charge in [0.1, 0.15) is 5.02 Å². The molecule has 0 saturated carbocycles. The molecule has 0 unspecified atom stereocenters. The smallest absolute Gasteiger partial charge is 0.252 e. The first-order valence-corrected chi connectivity index (χ1v) is 5.64. The Balaban J connectivity index is 2.20. The average Bonchev–Trinajstić information content (AvgIpc) is 2.71. The standard InChI is InChI=1S/C10H9ClN2OS/c1-14-10-9(11)6-7(12-13-10)5-8-3-2-4-15-8/h2-4,6H,5H2,1H3. The quantitative estimate of drug-likeness (QED) is 0.828. The van der Waals surface area contributed by atoms with Crippen LogP contribution < -0.4 is 4.74 Å². The third kappa shape index (κ3) is 2.46. The van der Waals surface area contributed by atoms with Crippen LogP contribution in [0.4, 0.5) is 0 Å². The molecular weight excluding hydrogens is 232 g/mol. The van der Waals surface area contributed by atoms with Crippen LogP contribution in [0.2, 0.25) is 5.02 Å². The van der Waals surface area contributed by atoms with Gasteiger partial charge in [-0.3, -0.25) is 0 Å². The molecule has 2 rings (SSSR count). The number of methoxy groups -OCH3 is 1. The minimum Gasteiger partial charge on any atom is -0.479 e. The molecule has 0 atom stereocenters. The monoisotopic (exact) mass is 240 g/mol. The summed E-state index contributed by atoms with van der Waals surface area (Å²) in [4.78, 5) is 1.24. The van der Waals surface area contributed by atoms with Gasteiger partial charge in [-0.2, -0.15) is 5.10 Å². The largest absolute Gasteiger partial charge is 0.479 e. The van der Waals surface area contributed by atoms with Gasteiger partial charge in [0, 0.05) is 11.3 Å². The van der Waals surface area contributed by atoms with Gasteiger partial charge in [0.15, 0.2) is 0 Å². The van der Waals surface area contributed by atoms with Gasteiger partial charge in [-0.25, -0.2) is 0 Å². The Morgan fingerprint density at radius 2 is 2.33 bits per heavy atom. The van der Waals surface area contributed by atoms with Crippen molar-refractivity contribution in [2.45, 2.75) is 6.42 Å². The van der Waals surface area contributed by atoms with Crippen LogP contribution in [0.15, 0.2) is 23.6 Å². The fourth-order valence-corrected chi connectivity index (χ4v) is 2.17. The van der Waals surface area contributed by atoms with Crippen molar-refractivity contribution in [1.29, 1.82) is 0 Å². The lowest BCUT2D eigenvalue weighted by atomic mass is 10.2. The second kappa shape index (κ2) is 4.59. The van der Waals surface area contributed by atoms with Crippen LogP contribution in [0, 0.1) is 0 Å². The Morgan fingerprint density at radius 1 is 1.47 bits per heavy atom. The Hall–Kier alpha value is -1.13. The van der Waals surface area contributed by atoms with Crippen molar-refractivity contribution in [3.05, 3.63) is 39.2 Å². The number of aromatic nitrogens is 2. The molecule has 0 bridgehead atoms. The summed E-state index contributed by atoms with van der Waals surface area (Å²) in [6.45, 7) is 0. The van der Waals surface area contributed by atoms with Gasteiger partial charge >= 0.3 is 0 Å². The summed E-state index contributed by atoms with van der Waals surface area (Å²) >= 11 is 7.64. The van der Waals surface area contributed by atoms with Gasteiger partial charge in [-0.1, -0.05) is 17.7 Å². The van der Waals surface area contributed by atoms with E-state index in [0.717, 1.165) is 12.1 Å². The van der Waals surface area contributed by atoms with E-state index in [1.54, 1.807) is 17.4 Å². The first-order valence-electron chi connectivity index (χ1n) is 4.38. The molecule has 78 valence electrons. The predicted molar refractivity (Wildman–Crippen MR) is 60.7 cm³/mol. The van der Waals surface area contributed by atoms with Gasteiger partial charge in [0.25, 0.3) is 5.88 Å². The molecule has 0 aliphatic rings. The highest BCUT2D eigenvalue weighted by atomic mass is 35.5. The molecule has 15 heavy (non-hydrogen) atoms. The molecule has 0 aliphatic heterocycles. The minimum atomic E-state index is 0.367. The highest BCUT2D eigenvalue weighted by molar-refractivity contribution is 7.09. The van der Waals surface area contributed by atoms with Crippen molar-refractivity contribution in [2.24, 2.45) is 0 Å². The third-order valence-electron chi connectivity index (χ3n) is 1.90. The van der Waals surface area contributed by atoms with Crippen molar-refractivity contribution >= 4 is 22.9 Å². The first kappa shape index (κ1) is 10.4. The molecule has 0 aliphatic carbocycles. The SMILES string of the molecule is COc1nnc(Cc2cccs2)cc1Cl. The van der Waals surface area contributed by atoms with E-state index >= 15 is 0 Å². The van der Waals surface area contributed by atoms with E-state index in [2.05, 4.69) is 16.3 Å². The van der Waals surface area contributed by atoms with Gasteiger partial charge in [-0.15, -0.1) is 16.4 Å². The maximum atomic E-state index is 5.95. The summed E-state index contributed by atoms with van der Waals surface area (Å²) in [6.07, 6.45) is 0.758. The maximum absolute atomic E-state index is 5.95. The van der Waals surface area contributed by atoms with E-state index in [1.807, 2.05) is 11.4 Å². The number of rotatable bonds is 3. The summed E-state index contributed by atoms with van der Waals surface area (Å²) in [5, 5.41) is 10.4. The molecule has 3 nitrogen and oxygen atoms in total. The normalized spacial score (nSPS) is 10.3. The van der Waals surface area contributed by atoms with Crippen molar-refractivity contribution in [2.75, 3.05) is 7.11 Å². The highest BCUT2D eigenvalue weighted by Crippen LogP contribution is 2.22. The minimum absolute atomic E-state index is 0.367. The molecule has 2 aromatic heterocycles. The molecule has 2 heterocycles. The summed E-state index contributed by atoms with van der Waals surface area (Å²) < 4.78 is 4.93. The summed E-state index contributed by atoms with van der Waals surface area (Å²) in [5.74, 6) is 0.367. The molecule has 0 N–H and O–H groups in total. The Labute approximate surface area is 96.7 Å². The molecule has 2 aromatic rings. The van der Waals surface area contributed by atoms with Gasteiger partial charge in [-0.05, 0) is 17.5 Å². The van der Waals surface area contributed by atoms with Crippen molar-refractivity contribution in [3.63, 3.8) is 0 Å². The van der Waals surface area contributed by atoms with Crippen LogP contribution >= 0.6 is 22.9 Å². The lowest BCUT2D eigenvalue weighted by Crippen LogP contribution is -1.96. The van der Waals surface area contributed by atoms with Crippen LogP contribution in [-0.2, 0) is 6.42 Å². The molecule has 0 aromatic carbocycles. The summed E-state index contributed by atoms with van der Waals surface area (Å²) in [5.41, 5.74) is 0.850. The molecule has 0 spiro atoms. The second-order valence-corrected chi connectivity index (χ2v) is 4.39. The van der Waals surface area contributed by atoms with E-state index in [9.17, 15) is 0 Å². The zero-order valence-corrected chi connectivity index (χ0v) is 9.68. The van der Waals surface area contributed by atoms with E-state index in [-0.39, 0.29) is 0 Å². The number of hydrogen-bond donors (Lipinski definition) is 0. The number of hydrogen-bond acceptors (Lipinski definition) is 4. The van der Waals surface area contributed by atoms with Crippen LogP contribution in [-0.4, -0.2) is 17.3 Å². The zero-order chi connectivity index (χ0) is 10.7. The third-order valence-corrected chi connectivity index (χ3v) is 3.04. The fraction of sp³-hybridized carbons (Fsp3) is 0.200. The zero-order valence-electron chi connectivity index (χ0n) is 8.11. The first-order chi connectivity index (χ1) is 7.29. The average molecular weight is 241 g/mol. The number of halogens is 1. The number of nitrogens with zero attached hydrogens (tertiary/aromatic N) is 2. The van der Waals surface area contributed by atoms with Gasteiger partial charge < -0.3 is 4.74 Å². The van der Waals surface area contributed by atoms with Crippen LogP contribution in [0.3, 0.4) is 0 Å². The predicted octanol–water partition coefficient (Wildman–Crippen LogP) is 2.79.